The van der Waals surface area contributed by atoms with Gasteiger partial charge in [0.25, 0.3) is 5.91 Å². The first-order chi connectivity index (χ1) is 14.9. The summed E-state index contributed by atoms with van der Waals surface area (Å²) < 4.78 is 10.4. The molecule has 5 atom stereocenters. The van der Waals surface area contributed by atoms with Crippen LogP contribution in [0.5, 0.6) is 0 Å². The lowest BCUT2D eigenvalue weighted by atomic mass is 9.96. The number of aliphatic hydroxyl groups is 4. The van der Waals surface area contributed by atoms with Gasteiger partial charge in [0.15, 0.2) is 6.29 Å². The van der Waals surface area contributed by atoms with Gasteiger partial charge in [-0.2, -0.15) is 5.26 Å². The van der Waals surface area contributed by atoms with Crippen LogP contribution < -0.4 is 10.2 Å². The molecule has 2 aliphatic heterocycles. The van der Waals surface area contributed by atoms with Crippen molar-refractivity contribution in [3.63, 3.8) is 0 Å². The van der Waals surface area contributed by atoms with Crippen LogP contribution in [0.1, 0.15) is 12.5 Å². The van der Waals surface area contributed by atoms with E-state index < -0.39 is 43.2 Å². The van der Waals surface area contributed by atoms with Crippen molar-refractivity contribution in [3.8, 4) is 6.07 Å². The van der Waals surface area contributed by atoms with Crippen LogP contribution in [0.25, 0.3) is 5.57 Å². The molecule has 0 aromatic heterocycles. The zero-order chi connectivity index (χ0) is 22.5. The van der Waals surface area contributed by atoms with E-state index in [1.807, 2.05) is 30.3 Å². The lowest BCUT2D eigenvalue weighted by molar-refractivity contribution is -0.253. The third-order valence-corrected chi connectivity index (χ3v) is 5.59. The number of hydrogen-bond donors (Lipinski definition) is 5. The molecule has 168 valence electrons. The van der Waals surface area contributed by atoms with Crippen LogP contribution in [0.3, 0.4) is 0 Å². The first kappa shape index (κ1) is 23.1. The van der Waals surface area contributed by atoms with E-state index in [9.17, 15) is 25.4 Å². The first-order valence-electron chi connectivity index (χ1n) is 10.0. The van der Waals surface area contributed by atoms with Gasteiger partial charge in [0.05, 0.1) is 19.8 Å². The van der Waals surface area contributed by atoms with Crippen molar-refractivity contribution >= 4 is 17.2 Å². The van der Waals surface area contributed by atoms with Crippen molar-refractivity contribution in [2.75, 3.05) is 37.8 Å². The van der Waals surface area contributed by atoms with Crippen molar-refractivity contribution in [3.05, 3.63) is 35.4 Å². The van der Waals surface area contributed by atoms with Gasteiger partial charge in [-0.3, -0.25) is 4.79 Å². The van der Waals surface area contributed by atoms with E-state index in [0.29, 0.717) is 24.4 Å². The number of amides is 1. The Balaban J connectivity index is 1.75. The number of aliphatic hydroxyl groups excluding tert-OH is 4. The average molecular weight is 433 g/mol. The van der Waals surface area contributed by atoms with E-state index in [1.165, 1.54) is 0 Å². The second-order valence-corrected chi connectivity index (χ2v) is 7.49. The molecule has 0 aliphatic carbocycles. The van der Waals surface area contributed by atoms with Gasteiger partial charge in [0.1, 0.15) is 36.0 Å². The summed E-state index contributed by atoms with van der Waals surface area (Å²) in [6.45, 7) is 3.92. The highest BCUT2D eigenvalue weighted by molar-refractivity contribution is 6.04. The number of ether oxygens (including phenoxy) is 2. The molecule has 1 aromatic carbocycles. The number of nitrogens with zero attached hydrogens (tertiary/aromatic N) is 2. The summed E-state index contributed by atoms with van der Waals surface area (Å²) in [6.07, 6.45) is -5.94. The van der Waals surface area contributed by atoms with Crippen molar-refractivity contribution in [2.45, 2.75) is 37.6 Å². The topological polar surface area (TPSA) is 156 Å². The largest absolute Gasteiger partial charge is 0.394 e. The number of carbonyl (C=O) groups excluding carboxylic acids is 1. The molecule has 5 N–H and O–H groups in total. The van der Waals surface area contributed by atoms with Gasteiger partial charge in [-0.05, 0) is 30.2 Å². The quantitative estimate of drug-likeness (QED) is 0.282. The minimum Gasteiger partial charge on any atom is -0.394 e. The molecular weight excluding hydrogens is 406 g/mol. The average Bonchev–Trinajstić information content (AvgIpc) is 2.80. The smallest absolute Gasteiger partial charge is 0.262 e. The molecule has 2 saturated heterocycles. The summed E-state index contributed by atoms with van der Waals surface area (Å²) in [5.74, 6) is -0.821. The lowest BCUT2D eigenvalue weighted by Crippen LogP contribution is -2.64. The Kier molecular flexibility index (Phi) is 7.61. The Morgan fingerprint density at radius 1 is 1.19 bits per heavy atom. The van der Waals surface area contributed by atoms with Crippen LogP contribution in [0.2, 0.25) is 0 Å². The van der Waals surface area contributed by atoms with E-state index in [0.717, 1.165) is 18.8 Å². The maximum Gasteiger partial charge on any atom is 0.262 e. The third-order valence-electron chi connectivity index (χ3n) is 5.59. The van der Waals surface area contributed by atoms with Crippen molar-refractivity contribution in [1.29, 1.82) is 5.26 Å². The summed E-state index contributed by atoms with van der Waals surface area (Å²) >= 11 is 0. The maximum atomic E-state index is 12.7. The highest BCUT2D eigenvalue weighted by atomic mass is 16.6. The van der Waals surface area contributed by atoms with Crippen molar-refractivity contribution in [1.82, 2.24) is 5.32 Å². The highest BCUT2D eigenvalue weighted by Gasteiger charge is 2.44. The SMILES string of the molecule is CC(=C(C#N)C(=O)NC1C(O)OC(CO)C(O)C1O)c1ccc(N2CCOCC2)cc1. The molecule has 3 rings (SSSR count). The van der Waals surface area contributed by atoms with Crippen molar-refractivity contribution in [2.24, 2.45) is 0 Å². The molecule has 5 unspecified atom stereocenters. The summed E-state index contributed by atoms with van der Waals surface area (Å²) in [6, 6.07) is 7.93. The molecule has 31 heavy (non-hydrogen) atoms. The number of morpholine rings is 1. The van der Waals surface area contributed by atoms with Crippen LogP contribution in [-0.4, -0.2) is 89.9 Å². The molecular formula is C21H27N3O7. The molecule has 0 spiro atoms. The summed E-state index contributed by atoms with van der Waals surface area (Å²) in [5.41, 5.74) is 1.91. The van der Waals surface area contributed by atoms with Crippen LogP contribution in [-0.2, 0) is 14.3 Å². The standard InChI is InChI=1S/C21H27N3O7/c1-12(13-2-4-14(5-3-13)24-6-8-30-9-7-24)15(10-22)20(28)23-17-19(27)18(26)16(11-25)31-21(17)29/h2-5,16-19,21,25-27,29H,6-9,11H2,1H3,(H,23,28). The monoisotopic (exact) mass is 433 g/mol. The number of benzene rings is 1. The Bertz CT molecular complexity index is 846. The number of allylic oxidation sites excluding steroid dienone is 1. The van der Waals surface area contributed by atoms with Crippen LogP contribution in [0, 0.1) is 11.3 Å². The summed E-state index contributed by atoms with van der Waals surface area (Å²) in [5, 5.41) is 51.2. The Hall–Kier alpha value is -2.52. The molecule has 10 heteroatoms. The van der Waals surface area contributed by atoms with Crippen LogP contribution >= 0.6 is 0 Å². The van der Waals surface area contributed by atoms with Crippen molar-refractivity contribution < 1.29 is 34.7 Å². The predicted octanol–water partition coefficient (Wildman–Crippen LogP) is -1.26. The zero-order valence-electron chi connectivity index (χ0n) is 17.1. The fraction of sp³-hybridized carbons (Fsp3) is 0.524. The van der Waals surface area contributed by atoms with Gasteiger partial charge in [-0.1, -0.05) is 12.1 Å². The number of anilines is 1. The van der Waals surface area contributed by atoms with Gasteiger partial charge in [-0.15, -0.1) is 0 Å². The number of carbonyl (C=O) groups is 1. The predicted molar refractivity (Wildman–Crippen MR) is 110 cm³/mol. The molecule has 0 bridgehead atoms. The number of nitriles is 1. The molecule has 2 aliphatic rings. The van der Waals surface area contributed by atoms with Crippen LogP contribution in [0.15, 0.2) is 29.8 Å². The summed E-state index contributed by atoms with van der Waals surface area (Å²) in [4.78, 5) is 14.9. The highest BCUT2D eigenvalue weighted by Crippen LogP contribution is 2.24. The van der Waals surface area contributed by atoms with Gasteiger partial charge >= 0.3 is 0 Å². The zero-order valence-corrected chi connectivity index (χ0v) is 17.1. The molecule has 2 fully saturated rings. The molecule has 1 aromatic rings. The second kappa shape index (κ2) is 10.2. The number of nitrogens with one attached hydrogen (secondary N) is 1. The van der Waals surface area contributed by atoms with E-state index in [1.54, 1.807) is 6.92 Å². The van der Waals surface area contributed by atoms with Gasteiger partial charge in [0, 0.05) is 18.8 Å². The van der Waals surface area contributed by atoms with Gasteiger partial charge in [-0.25, -0.2) is 0 Å². The molecule has 0 radical (unpaired) electrons. The maximum absolute atomic E-state index is 12.7. The van der Waals surface area contributed by atoms with E-state index in [4.69, 9.17) is 14.6 Å². The lowest BCUT2D eigenvalue weighted by Gasteiger charge is -2.40. The van der Waals surface area contributed by atoms with Gasteiger partial charge in [0.2, 0.25) is 0 Å². The molecule has 10 nitrogen and oxygen atoms in total. The van der Waals surface area contributed by atoms with Crippen LogP contribution in [0.4, 0.5) is 5.69 Å². The third kappa shape index (κ3) is 5.04. The summed E-state index contributed by atoms with van der Waals surface area (Å²) in [7, 11) is 0. The normalized spacial score (nSPS) is 29.7. The molecule has 2 heterocycles. The Morgan fingerprint density at radius 2 is 1.84 bits per heavy atom. The Labute approximate surface area is 179 Å². The van der Waals surface area contributed by atoms with Gasteiger partial charge < -0.3 is 40.1 Å². The van der Waals surface area contributed by atoms with E-state index in [-0.39, 0.29) is 5.57 Å². The van der Waals surface area contributed by atoms with E-state index in [2.05, 4.69) is 10.2 Å². The second-order valence-electron chi connectivity index (χ2n) is 7.49. The first-order valence-corrected chi connectivity index (χ1v) is 10.0. The minimum atomic E-state index is -1.66. The Morgan fingerprint density at radius 3 is 2.42 bits per heavy atom. The number of hydrogen-bond acceptors (Lipinski definition) is 9. The fourth-order valence-corrected chi connectivity index (χ4v) is 3.67. The molecule has 0 saturated carbocycles. The fourth-order valence-electron chi connectivity index (χ4n) is 3.67. The number of rotatable bonds is 5. The molecule has 1 amide bonds. The minimum absolute atomic E-state index is 0.197. The van der Waals surface area contributed by atoms with E-state index >= 15 is 0 Å².